The lowest BCUT2D eigenvalue weighted by atomic mass is 10.1. The molecule has 1 aliphatic heterocycles. The molecular formula is C21H30N3O4S+. The van der Waals surface area contributed by atoms with Gasteiger partial charge in [0.25, 0.3) is 5.91 Å². The fraction of sp³-hybridized carbons (Fsp3) is 0.476. The first-order valence-corrected chi connectivity index (χ1v) is 11.6. The van der Waals surface area contributed by atoms with Crippen molar-refractivity contribution in [3.63, 3.8) is 0 Å². The van der Waals surface area contributed by atoms with Gasteiger partial charge in [-0.3, -0.25) is 4.79 Å². The first-order chi connectivity index (χ1) is 13.9. The molecule has 1 amide bonds. The van der Waals surface area contributed by atoms with Crippen molar-refractivity contribution >= 4 is 15.9 Å². The number of carbonyl (C=O) groups is 1. The van der Waals surface area contributed by atoms with Crippen LogP contribution in [0.1, 0.15) is 37.6 Å². The maximum atomic E-state index is 12.9. The van der Waals surface area contributed by atoms with Crippen molar-refractivity contribution in [2.75, 3.05) is 32.7 Å². The molecule has 0 bridgehead atoms. The summed E-state index contributed by atoms with van der Waals surface area (Å²) < 4.78 is 32.6. The topological polar surface area (TPSA) is 84.1 Å². The molecule has 0 radical (unpaired) electrons. The molecule has 1 aromatic heterocycles. The Morgan fingerprint density at radius 3 is 2.48 bits per heavy atom. The average Bonchev–Trinajstić information content (AvgIpc) is 3.24. The van der Waals surface area contributed by atoms with E-state index in [1.165, 1.54) is 4.31 Å². The normalized spacial score (nSPS) is 17.2. The highest BCUT2D eigenvalue weighted by atomic mass is 32.2. The molecule has 29 heavy (non-hydrogen) atoms. The summed E-state index contributed by atoms with van der Waals surface area (Å²) in [5.41, 5.74) is 1.15. The summed E-state index contributed by atoms with van der Waals surface area (Å²) in [5, 5.41) is 2.93. The van der Waals surface area contributed by atoms with Gasteiger partial charge in [0.05, 0.1) is 43.4 Å². The van der Waals surface area contributed by atoms with Crippen LogP contribution in [-0.4, -0.2) is 51.4 Å². The van der Waals surface area contributed by atoms with Crippen molar-refractivity contribution in [1.82, 2.24) is 9.62 Å². The zero-order valence-corrected chi connectivity index (χ0v) is 17.9. The van der Waals surface area contributed by atoms with E-state index in [9.17, 15) is 13.2 Å². The van der Waals surface area contributed by atoms with Crippen molar-refractivity contribution in [3.8, 4) is 0 Å². The second kappa shape index (κ2) is 9.56. The van der Waals surface area contributed by atoms with Gasteiger partial charge in [-0.2, -0.15) is 4.31 Å². The van der Waals surface area contributed by atoms with Crippen molar-refractivity contribution in [2.45, 2.75) is 37.6 Å². The number of amides is 1. The van der Waals surface area contributed by atoms with Crippen LogP contribution in [0.25, 0.3) is 0 Å². The average molecular weight is 421 g/mol. The summed E-state index contributed by atoms with van der Waals surface area (Å²) in [4.78, 5) is 13.7. The maximum absolute atomic E-state index is 12.9. The van der Waals surface area contributed by atoms with Crippen molar-refractivity contribution in [2.24, 2.45) is 0 Å². The molecule has 2 aromatic rings. The highest BCUT2D eigenvalue weighted by Gasteiger charge is 2.31. The number of piperazine rings is 1. The summed E-state index contributed by atoms with van der Waals surface area (Å²) in [6, 6.07) is 10.6. The number of benzene rings is 1. The SMILES string of the molecule is CCCc1ccc(S(=O)(=O)N2CC[NH+](CC(=O)N[C@H](C)c3ccco3)CC2)cc1. The van der Waals surface area contributed by atoms with Crippen LogP contribution < -0.4 is 10.2 Å². The lowest BCUT2D eigenvalue weighted by Gasteiger charge is -2.31. The third-order valence-electron chi connectivity index (χ3n) is 5.29. The van der Waals surface area contributed by atoms with Gasteiger partial charge in [-0.15, -0.1) is 0 Å². The van der Waals surface area contributed by atoms with E-state index in [1.54, 1.807) is 24.5 Å². The van der Waals surface area contributed by atoms with Gasteiger partial charge in [0.15, 0.2) is 6.54 Å². The summed E-state index contributed by atoms with van der Waals surface area (Å²) >= 11 is 0. The van der Waals surface area contributed by atoms with Gasteiger partial charge in [-0.05, 0) is 43.2 Å². The first kappa shape index (κ1) is 21.5. The van der Waals surface area contributed by atoms with E-state index in [4.69, 9.17) is 4.42 Å². The Bertz CT molecular complexity index is 887. The van der Waals surface area contributed by atoms with Crippen LogP contribution in [0.2, 0.25) is 0 Å². The molecule has 8 heteroatoms. The number of quaternary nitrogens is 1. The van der Waals surface area contributed by atoms with Crippen molar-refractivity contribution in [3.05, 3.63) is 54.0 Å². The van der Waals surface area contributed by atoms with Crippen molar-refractivity contribution < 1.29 is 22.5 Å². The number of hydrogen-bond donors (Lipinski definition) is 2. The molecule has 1 saturated heterocycles. The molecule has 3 rings (SSSR count). The molecule has 7 nitrogen and oxygen atoms in total. The summed E-state index contributed by atoms with van der Waals surface area (Å²) in [6.45, 7) is 6.34. The smallest absolute Gasteiger partial charge is 0.275 e. The highest BCUT2D eigenvalue weighted by molar-refractivity contribution is 7.89. The number of carbonyl (C=O) groups excluding carboxylic acids is 1. The molecule has 2 heterocycles. The predicted molar refractivity (Wildman–Crippen MR) is 110 cm³/mol. The quantitative estimate of drug-likeness (QED) is 0.667. The maximum Gasteiger partial charge on any atom is 0.275 e. The van der Waals surface area contributed by atoms with E-state index in [1.807, 2.05) is 25.1 Å². The van der Waals surface area contributed by atoms with Gasteiger partial charge in [-0.25, -0.2) is 8.42 Å². The van der Waals surface area contributed by atoms with Crippen LogP contribution >= 0.6 is 0 Å². The van der Waals surface area contributed by atoms with E-state index >= 15 is 0 Å². The minimum Gasteiger partial charge on any atom is -0.467 e. The van der Waals surface area contributed by atoms with Gasteiger partial charge in [0.2, 0.25) is 10.0 Å². The van der Waals surface area contributed by atoms with Crippen molar-refractivity contribution in [1.29, 1.82) is 0 Å². The summed E-state index contributed by atoms with van der Waals surface area (Å²) in [7, 11) is -3.49. The van der Waals surface area contributed by atoms with E-state index < -0.39 is 10.0 Å². The van der Waals surface area contributed by atoms with Gasteiger partial charge in [0.1, 0.15) is 5.76 Å². The predicted octanol–water partition coefficient (Wildman–Crippen LogP) is 0.999. The number of aryl methyl sites for hydroxylation is 1. The number of sulfonamides is 1. The Kier molecular flexibility index (Phi) is 7.10. The van der Waals surface area contributed by atoms with Gasteiger partial charge in [0, 0.05) is 0 Å². The second-order valence-electron chi connectivity index (χ2n) is 7.53. The Morgan fingerprint density at radius 1 is 1.21 bits per heavy atom. The largest absolute Gasteiger partial charge is 0.467 e. The Hall–Kier alpha value is -2.16. The molecule has 1 fully saturated rings. The van der Waals surface area contributed by atoms with Gasteiger partial charge < -0.3 is 14.6 Å². The Labute approximate surface area is 172 Å². The summed E-state index contributed by atoms with van der Waals surface area (Å²) in [6.07, 6.45) is 3.56. The van der Waals surface area contributed by atoms with Crippen LogP contribution in [0.5, 0.6) is 0 Å². The van der Waals surface area contributed by atoms with E-state index in [-0.39, 0.29) is 11.9 Å². The van der Waals surface area contributed by atoms with E-state index in [0.29, 0.717) is 43.4 Å². The number of nitrogens with one attached hydrogen (secondary N) is 2. The molecule has 0 spiro atoms. The fourth-order valence-corrected chi connectivity index (χ4v) is 5.06. The molecule has 0 aliphatic carbocycles. The summed E-state index contributed by atoms with van der Waals surface area (Å²) in [5.74, 6) is 0.654. The Balaban J connectivity index is 1.51. The number of rotatable bonds is 8. The fourth-order valence-electron chi connectivity index (χ4n) is 3.61. The molecule has 0 saturated carbocycles. The zero-order valence-electron chi connectivity index (χ0n) is 17.1. The molecule has 0 unspecified atom stereocenters. The number of furan rings is 1. The van der Waals surface area contributed by atoms with E-state index in [0.717, 1.165) is 23.3 Å². The van der Waals surface area contributed by atoms with Gasteiger partial charge in [-0.1, -0.05) is 25.5 Å². The van der Waals surface area contributed by atoms with Crippen LogP contribution in [-0.2, 0) is 21.2 Å². The minimum atomic E-state index is -3.49. The second-order valence-corrected chi connectivity index (χ2v) is 9.47. The molecule has 2 N–H and O–H groups in total. The van der Waals surface area contributed by atoms with Crippen LogP contribution in [0, 0.1) is 0 Å². The number of hydrogen-bond acceptors (Lipinski definition) is 4. The van der Waals surface area contributed by atoms with Gasteiger partial charge >= 0.3 is 0 Å². The van der Waals surface area contributed by atoms with Crippen LogP contribution in [0.15, 0.2) is 52.0 Å². The lowest BCUT2D eigenvalue weighted by molar-refractivity contribution is -0.895. The lowest BCUT2D eigenvalue weighted by Crippen LogP contribution is -3.15. The molecule has 1 aromatic carbocycles. The monoisotopic (exact) mass is 420 g/mol. The first-order valence-electron chi connectivity index (χ1n) is 10.2. The standard InChI is InChI=1S/C21H29N3O4S/c1-3-5-18-7-9-19(10-8-18)29(26,27)24-13-11-23(12-14-24)16-21(25)22-17(2)20-6-4-15-28-20/h4,6-10,15,17H,3,5,11-14,16H2,1-2H3,(H,22,25)/p+1/t17-/m1/s1. The highest BCUT2D eigenvalue weighted by Crippen LogP contribution is 2.17. The van der Waals surface area contributed by atoms with Crippen LogP contribution in [0.3, 0.4) is 0 Å². The number of nitrogens with zero attached hydrogens (tertiary/aromatic N) is 1. The minimum absolute atomic E-state index is 0.0632. The molecular weight excluding hydrogens is 390 g/mol. The molecule has 1 atom stereocenters. The molecule has 158 valence electrons. The Morgan fingerprint density at radius 2 is 1.90 bits per heavy atom. The van der Waals surface area contributed by atoms with Crippen LogP contribution in [0.4, 0.5) is 0 Å². The van der Waals surface area contributed by atoms with E-state index in [2.05, 4.69) is 12.2 Å². The third-order valence-corrected chi connectivity index (χ3v) is 7.20. The third kappa shape index (κ3) is 5.46. The zero-order chi connectivity index (χ0) is 20.9. The molecule has 1 aliphatic rings.